The molecule has 1 heterocycles. The van der Waals surface area contributed by atoms with Crippen LogP contribution in [0.1, 0.15) is 25.0 Å². The zero-order valence-corrected chi connectivity index (χ0v) is 15.2. The van der Waals surface area contributed by atoms with Gasteiger partial charge in [0.2, 0.25) is 5.91 Å². The van der Waals surface area contributed by atoms with E-state index in [1.807, 2.05) is 43.4 Å². The zero-order valence-electron chi connectivity index (χ0n) is 15.2. The SMILES string of the molecule is CN(C(=O)/C=C/c1ccnn1C)[C@@H]1CCC[C@@H](Oc2ccccc2)[C@@H]1O. The Hall–Kier alpha value is -2.60. The number of ether oxygens (including phenoxy) is 1. The van der Waals surface area contributed by atoms with Crippen LogP contribution in [0.3, 0.4) is 0 Å². The Bertz CT molecular complexity index is 757. The lowest BCUT2D eigenvalue weighted by molar-refractivity contribution is -0.132. The fourth-order valence-electron chi connectivity index (χ4n) is 3.33. The molecule has 6 nitrogen and oxygen atoms in total. The minimum Gasteiger partial charge on any atom is -0.488 e. The third-order valence-electron chi connectivity index (χ3n) is 4.89. The van der Waals surface area contributed by atoms with E-state index in [1.165, 1.54) is 6.08 Å². The van der Waals surface area contributed by atoms with Crippen molar-refractivity contribution >= 4 is 12.0 Å². The van der Waals surface area contributed by atoms with Gasteiger partial charge in [0.15, 0.2) is 0 Å². The van der Waals surface area contributed by atoms with Gasteiger partial charge in [-0.05, 0) is 43.5 Å². The van der Waals surface area contributed by atoms with Crippen molar-refractivity contribution in [3.8, 4) is 5.75 Å². The van der Waals surface area contributed by atoms with Crippen LogP contribution in [-0.2, 0) is 11.8 Å². The summed E-state index contributed by atoms with van der Waals surface area (Å²) in [6.45, 7) is 0. The average molecular weight is 355 g/mol. The number of benzene rings is 1. The molecule has 2 aromatic rings. The molecular formula is C20H25N3O3. The highest BCUT2D eigenvalue weighted by atomic mass is 16.5. The summed E-state index contributed by atoms with van der Waals surface area (Å²) in [6, 6.07) is 11.1. The molecule has 26 heavy (non-hydrogen) atoms. The number of nitrogens with zero attached hydrogens (tertiary/aromatic N) is 3. The van der Waals surface area contributed by atoms with E-state index >= 15 is 0 Å². The van der Waals surface area contributed by atoms with Crippen molar-refractivity contribution in [2.45, 2.75) is 37.5 Å². The van der Waals surface area contributed by atoms with E-state index in [9.17, 15) is 9.90 Å². The number of para-hydroxylation sites is 1. The number of carbonyl (C=O) groups excluding carboxylic acids is 1. The summed E-state index contributed by atoms with van der Waals surface area (Å²) in [5.74, 6) is 0.595. The number of hydrogen-bond acceptors (Lipinski definition) is 4. The van der Waals surface area contributed by atoms with Crippen molar-refractivity contribution in [1.29, 1.82) is 0 Å². The third-order valence-corrected chi connectivity index (χ3v) is 4.89. The maximum absolute atomic E-state index is 12.5. The van der Waals surface area contributed by atoms with Crippen molar-refractivity contribution in [1.82, 2.24) is 14.7 Å². The van der Waals surface area contributed by atoms with Crippen molar-refractivity contribution < 1.29 is 14.6 Å². The Morgan fingerprint density at radius 1 is 1.31 bits per heavy atom. The summed E-state index contributed by atoms with van der Waals surface area (Å²) in [7, 11) is 3.55. The molecule has 3 atom stereocenters. The standard InChI is InChI=1S/C20H25N3O3/c1-22(19(24)12-11-15-13-14-21-23(15)2)17-9-6-10-18(20(17)25)26-16-7-4-3-5-8-16/h3-5,7-8,11-14,17-18,20,25H,6,9-10H2,1-2H3/b12-11+/t17-,18-,20-/m1/s1. The molecule has 0 saturated heterocycles. The lowest BCUT2D eigenvalue weighted by atomic mass is 9.89. The van der Waals surface area contributed by atoms with Crippen LogP contribution in [-0.4, -0.2) is 51.0 Å². The molecule has 1 aliphatic carbocycles. The van der Waals surface area contributed by atoms with Crippen LogP contribution in [0.25, 0.3) is 6.08 Å². The third kappa shape index (κ3) is 4.14. The van der Waals surface area contributed by atoms with E-state index in [0.717, 1.165) is 30.7 Å². The Kier molecular flexibility index (Phi) is 5.73. The molecule has 6 heteroatoms. The first-order valence-corrected chi connectivity index (χ1v) is 8.89. The number of aromatic nitrogens is 2. The van der Waals surface area contributed by atoms with Gasteiger partial charge in [-0.25, -0.2) is 0 Å². The number of aliphatic hydroxyl groups is 1. The molecule has 0 bridgehead atoms. The predicted octanol–water partition coefficient (Wildman–Crippen LogP) is 2.25. The normalized spacial score (nSPS) is 23.1. The fourth-order valence-corrected chi connectivity index (χ4v) is 3.33. The number of aliphatic hydroxyl groups excluding tert-OH is 1. The van der Waals surface area contributed by atoms with Crippen LogP contribution in [0.5, 0.6) is 5.75 Å². The van der Waals surface area contributed by atoms with Crippen LogP contribution in [0.4, 0.5) is 0 Å². The van der Waals surface area contributed by atoms with Gasteiger partial charge in [0.1, 0.15) is 18.0 Å². The van der Waals surface area contributed by atoms with E-state index in [2.05, 4.69) is 5.10 Å². The Balaban J connectivity index is 1.64. The highest BCUT2D eigenvalue weighted by Crippen LogP contribution is 2.27. The summed E-state index contributed by atoms with van der Waals surface area (Å²) in [5.41, 5.74) is 0.848. The van der Waals surface area contributed by atoms with Gasteiger partial charge >= 0.3 is 0 Å². The molecule has 0 aliphatic heterocycles. The number of carbonyl (C=O) groups is 1. The van der Waals surface area contributed by atoms with Gasteiger partial charge in [-0.3, -0.25) is 9.48 Å². The summed E-state index contributed by atoms with van der Waals surface area (Å²) in [4.78, 5) is 14.1. The van der Waals surface area contributed by atoms with E-state index in [4.69, 9.17) is 4.74 Å². The first kappa shape index (κ1) is 18.2. The van der Waals surface area contributed by atoms with Gasteiger partial charge < -0.3 is 14.7 Å². The second kappa shape index (κ2) is 8.19. The van der Waals surface area contributed by atoms with Crippen LogP contribution in [0.15, 0.2) is 48.7 Å². The van der Waals surface area contributed by atoms with E-state index in [1.54, 1.807) is 28.9 Å². The molecule has 138 valence electrons. The minimum absolute atomic E-state index is 0.143. The van der Waals surface area contributed by atoms with E-state index in [0.29, 0.717) is 0 Å². The molecule has 0 radical (unpaired) electrons. The Morgan fingerprint density at radius 3 is 2.77 bits per heavy atom. The summed E-state index contributed by atoms with van der Waals surface area (Å²) >= 11 is 0. The smallest absolute Gasteiger partial charge is 0.246 e. The molecule has 0 unspecified atom stereocenters. The maximum atomic E-state index is 12.5. The van der Waals surface area contributed by atoms with Gasteiger partial charge in [0, 0.05) is 26.4 Å². The maximum Gasteiger partial charge on any atom is 0.246 e. The first-order valence-electron chi connectivity index (χ1n) is 8.89. The van der Waals surface area contributed by atoms with Crippen molar-refractivity contribution in [2.75, 3.05) is 7.05 Å². The van der Waals surface area contributed by atoms with Gasteiger partial charge in [-0.2, -0.15) is 5.10 Å². The van der Waals surface area contributed by atoms with E-state index in [-0.39, 0.29) is 18.1 Å². The molecule has 1 aliphatic rings. The molecular weight excluding hydrogens is 330 g/mol. The molecule has 1 amide bonds. The van der Waals surface area contributed by atoms with Crippen LogP contribution >= 0.6 is 0 Å². The van der Waals surface area contributed by atoms with Crippen molar-refractivity contribution in [3.63, 3.8) is 0 Å². The second-order valence-electron chi connectivity index (χ2n) is 6.62. The van der Waals surface area contributed by atoms with E-state index < -0.39 is 6.10 Å². The second-order valence-corrected chi connectivity index (χ2v) is 6.62. The van der Waals surface area contributed by atoms with Crippen LogP contribution in [0, 0.1) is 0 Å². The largest absolute Gasteiger partial charge is 0.488 e. The summed E-state index contributed by atoms with van der Waals surface area (Å²) in [6.07, 6.45) is 6.35. The molecule has 1 aromatic heterocycles. The number of likely N-dealkylation sites (N-methyl/N-ethyl adjacent to an activating group) is 1. The number of hydrogen-bond donors (Lipinski definition) is 1. The summed E-state index contributed by atoms with van der Waals surface area (Å²) < 4.78 is 7.64. The first-order chi connectivity index (χ1) is 12.6. The number of rotatable bonds is 5. The Labute approximate surface area is 153 Å². The predicted molar refractivity (Wildman–Crippen MR) is 99.5 cm³/mol. The molecule has 0 spiro atoms. The molecule has 1 fully saturated rings. The van der Waals surface area contributed by atoms with Gasteiger partial charge in [-0.1, -0.05) is 18.2 Å². The number of aryl methyl sites for hydroxylation is 1. The highest BCUT2D eigenvalue weighted by Gasteiger charge is 2.36. The lowest BCUT2D eigenvalue weighted by Gasteiger charge is -2.39. The minimum atomic E-state index is -0.719. The van der Waals surface area contributed by atoms with Crippen molar-refractivity contribution in [2.24, 2.45) is 7.05 Å². The number of amides is 1. The van der Waals surface area contributed by atoms with Crippen LogP contribution < -0.4 is 4.74 Å². The molecule has 1 saturated carbocycles. The highest BCUT2D eigenvalue weighted by molar-refractivity contribution is 5.91. The van der Waals surface area contributed by atoms with Gasteiger partial charge in [0.25, 0.3) is 0 Å². The van der Waals surface area contributed by atoms with Gasteiger partial charge in [0.05, 0.1) is 11.7 Å². The molecule has 1 N–H and O–H groups in total. The topological polar surface area (TPSA) is 67.6 Å². The Morgan fingerprint density at radius 2 is 2.08 bits per heavy atom. The fraction of sp³-hybridized carbons (Fsp3) is 0.400. The van der Waals surface area contributed by atoms with Crippen molar-refractivity contribution in [3.05, 3.63) is 54.4 Å². The summed E-state index contributed by atoms with van der Waals surface area (Å²) in [5, 5.41) is 14.8. The van der Waals surface area contributed by atoms with Crippen LogP contribution in [0.2, 0.25) is 0 Å². The lowest BCUT2D eigenvalue weighted by Crippen LogP contribution is -2.53. The zero-order chi connectivity index (χ0) is 18.5. The molecule has 1 aromatic carbocycles. The van der Waals surface area contributed by atoms with Gasteiger partial charge in [-0.15, -0.1) is 0 Å². The average Bonchev–Trinajstić information content (AvgIpc) is 3.06. The molecule has 3 rings (SSSR count). The quantitative estimate of drug-likeness (QED) is 0.836. The monoisotopic (exact) mass is 355 g/mol.